The van der Waals surface area contributed by atoms with Crippen molar-refractivity contribution in [2.24, 2.45) is 11.3 Å². The lowest BCUT2D eigenvalue weighted by molar-refractivity contribution is 0.442. The van der Waals surface area contributed by atoms with E-state index in [9.17, 15) is 0 Å². The molecule has 0 saturated carbocycles. The number of hydrogen-bond acceptors (Lipinski definition) is 0. The first-order valence-electron chi connectivity index (χ1n) is 2.85. The SMILES string of the molecule is CC(C)C1(C)C=C1. The van der Waals surface area contributed by atoms with Crippen molar-refractivity contribution in [3.63, 3.8) is 0 Å². The van der Waals surface area contributed by atoms with Gasteiger partial charge in [-0.15, -0.1) is 0 Å². The third-order valence-electron chi connectivity index (χ3n) is 1.94. The number of hydrogen-bond donors (Lipinski definition) is 0. The lowest BCUT2D eigenvalue weighted by Gasteiger charge is -2.11. The molecule has 0 aromatic rings. The van der Waals surface area contributed by atoms with Crippen molar-refractivity contribution in [1.82, 2.24) is 0 Å². The zero-order chi connectivity index (χ0) is 5.49. The van der Waals surface area contributed by atoms with Crippen molar-refractivity contribution in [3.05, 3.63) is 12.2 Å². The van der Waals surface area contributed by atoms with Gasteiger partial charge in [-0.2, -0.15) is 0 Å². The summed E-state index contributed by atoms with van der Waals surface area (Å²) >= 11 is 0. The summed E-state index contributed by atoms with van der Waals surface area (Å²) in [4.78, 5) is 0. The molecule has 0 aromatic carbocycles. The Morgan fingerprint density at radius 2 is 1.71 bits per heavy atom. The Labute approximate surface area is 45.2 Å². The van der Waals surface area contributed by atoms with E-state index >= 15 is 0 Å². The van der Waals surface area contributed by atoms with Crippen LogP contribution < -0.4 is 0 Å². The molecule has 40 valence electrons. The average molecular weight is 96.2 g/mol. The van der Waals surface area contributed by atoms with Gasteiger partial charge in [-0.1, -0.05) is 32.9 Å². The summed E-state index contributed by atoms with van der Waals surface area (Å²) in [5, 5.41) is 0. The summed E-state index contributed by atoms with van der Waals surface area (Å²) in [7, 11) is 0. The van der Waals surface area contributed by atoms with Gasteiger partial charge < -0.3 is 0 Å². The Balaban J connectivity index is 2.41. The molecular formula is C7H12. The first kappa shape index (κ1) is 4.89. The van der Waals surface area contributed by atoms with Gasteiger partial charge in [0.05, 0.1) is 0 Å². The molecule has 0 bridgehead atoms. The van der Waals surface area contributed by atoms with Gasteiger partial charge in [0.15, 0.2) is 0 Å². The fourth-order valence-corrected chi connectivity index (χ4v) is 0.516. The largest absolute Gasteiger partial charge is 0.0777 e. The first-order chi connectivity index (χ1) is 3.15. The molecule has 0 aliphatic heterocycles. The standard InChI is InChI=1S/C7H12/c1-6(2)7(3)4-5-7/h4-6H,1-3H3. The van der Waals surface area contributed by atoms with E-state index in [-0.39, 0.29) is 0 Å². The van der Waals surface area contributed by atoms with Crippen LogP contribution in [0.3, 0.4) is 0 Å². The minimum Gasteiger partial charge on any atom is -0.0777 e. The molecule has 0 atom stereocenters. The molecule has 0 spiro atoms. The summed E-state index contributed by atoms with van der Waals surface area (Å²) in [5.41, 5.74) is 0.500. The zero-order valence-electron chi connectivity index (χ0n) is 5.23. The van der Waals surface area contributed by atoms with Crippen molar-refractivity contribution in [3.8, 4) is 0 Å². The zero-order valence-corrected chi connectivity index (χ0v) is 5.23. The van der Waals surface area contributed by atoms with Gasteiger partial charge in [-0.05, 0) is 5.92 Å². The van der Waals surface area contributed by atoms with Gasteiger partial charge in [0.25, 0.3) is 0 Å². The fraction of sp³-hybridized carbons (Fsp3) is 0.714. The van der Waals surface area contributed by atoms with Gasteiger partial charge in [-0.3, -0.25) is 0 Å². The number of rotatable bonds is 1. The molecule has 1 aliphatic rings. The summed E-state index contributed by atoms with van der Waals surface area (Å²) in [5.74, 6) is 0.799. The van der Waals surface area contributed by atoms with Gasteiger partial charge in [0.1, 0.15) is 0 Å². The molecule has 0 heteroatoms. The number of allylic oxidation sites excluding steroid dienone is 2. The highest BCUT2D eigenvalue weighted by molar-refractivity contribution is 5.24. The lowest BCUT2D eigenvalue weighted by Crippen LogP contribution is -2.04. The second kappa shape index (κ2) is 1.12. The lowest BCUT2D eigenvalue weighted by atomic mass is 9.93. The molecule has 0 fully saturated rings. The van der Waals surface area contributed by atoms with Crippen LogP contribution in [0.15, 0.2) is 12.2 Å². The highest BCUT2D eigenvalue weighted by atomic mass is 14.3. The maximum absolute atomic E-state index is 2.26. The van der Waals surface area contributed by atoms with E-state index < -0.39 is 0 Å². The molecule has 0 unspecified atom stereocenters. The Morgan fingerprint density at radius 3 is 1.71 bits per heavy atom. The molecule has 0 nitrogen and oxygen atoms in total. The van der Waals surface area contributed by atoms with E-state index in [0.29, 0.717) is 5.41 Å². The van der Waals surface area contributed by atoms with Crippen LogP contribution in [-0.4, -0.2) is 0 Å². The van der Waals surface area contributed by atoms with Crippen LogP contribution in [-0.2, 0) is 0 Å². The van der Waals surface area contributed by atoms with E-state index in [1.165, 1.54) is 0 Å². The molecule has 0 aromatic heterocycles. The second-order valence-electron chi connectivity index (χ2n) is 2.85. The van der Waals surface area contributed by atoms with Crippen molar-refractivity contribution in [1.29, 1.82) is 0 Å². The highest BCUT2D eigenvalue weighted by Gasteiger charge is 2.30. The van der Waals surface area contributed by atoms with Gasteiger partial charge in [0.2, 0.25) is 0 Å². The Hall–Kier alpha value is -0.260. The second-order valence-corrected chi connectivity index (χ2v) is 2.85. The van der Waals surface area contributed by atoms with Crippen LogP contribution in [0.5, 0.6) is 0 Å². The smallest absolute Gasteiger partial charge is 0.00562 e. The van der Waals surface area contributed by atoms with Gasteiger partial charge >= 0.3 is 0 Å². The van der Waals surface area contributed by atoms with E-state index in [1.807, 2.05) is 0 Å². The van der Waals surface area contributed by atoms with Crippen molar-refractivity contribution in [2.75, 3.05) is 0 Å². The maximum atomic E-state index is 2.26. The van der Waals surface area contributed by atoms with E-state index in [4.69, 9.17) is 0 Å². The van der Waals surface area contributed by atoms with Crippen molar-refractivity contribution < 1.29 is 0 Å². The van der Waals surface area contributed by atoms with E-state index in [1.54, 1.807) is 0 Å². The summed E-state index contributed by atoms with van der Waals surface area (Å²) in [6.45, 7) is 6.76. The summed E-state index contributed by atoms with van der Waals surface area (Å²) in [6.07, 6.45) is 4.52. The van der Waals surface area contributed by atoms with Crippen molar-refractivity contribution >= 4 is 0 Å². The minimum atomic E-state index is 0.500. The van der Waals surface area contributed by atoms with Crippen LogP contribution in [0.25, 0.3) is 0 Å². The molecule has 7 heavy (non-hydrogen) atoms. The normalized spacial score (nSPS) is 23.4. The Bertz CT molecular complexity index is 92.6. The molecule has 0 radical (unpaired) electrons. The van der Waals surface area contributed by atoms with Gasteiger partial charge in [0, 0.05) is 5.41 Å². The molecule has 1 rings (SSSR count). The molecule has 0 heterocycles. The Morgan fingerprint density at radius 1 is 1.29 bits per heavy atom. The highest BCUT2D eigenvalue weighted by Crippen LogP contribution is 2.40. The third-order valence-corrected chi connectivity index (χ3v) is 1.94. The van der Waals surface area contributed by atoms with Crippen molar-refractivity contribution in [2.45, 2.75) is 20.8 Å². The minimum absolute atomic E-state index is 0.500. The quantitative estimate of drug-likeness (QED) is 0.439. The molecule has 0 N–H and O–H groups in total. The maximum Gasteiger partial charge on any atom is 0.00562 e. The molecular weight excluding hydrogens is 84.1 g/mol. The predicted molar refractivity (Wildman–Crippen MR) is 32.1 cm³/mol. The van der Waals surface area contributed by atoms with Crippen LogP contribution in [0.1, 0.15) is 20.8 Å². The summed E-state index contributed by atoms with van der Waals surface area (Å²) in [6, 6.07) is 0. The van der Waals surface area contributed by atoms with E-state index in [0.717, 1.165) is 5.92 Å². The van der Waals surface area contributed by atoms with Crippen LogP contribution in [0.2, 0.25) is 0 Å². The molecule has 0 amide bonds. The first-order valence-corrected chi connectivity index (χ1v) is 2.85. The molecule has 0 saturated heterocycles. The van der Waals surface area contributed by atoms with Gasteiger partial charge in [-0.25, -0.2) is 0 Å². The Kier molecular flexibility index (Phi) is 0.781. The van der Waals surface area contributed by atoms with Crippen LogP contribution >= 0.6 is 0 Å². The predicted octanol–water partition coefficient (Wildman–Crippen LogP) is 2.22. The fourth-order valence-electron chi connectivity index (χ4n) is 0.516. The van der Waals surface area contributed by atoms with Crippen LogP contribution in [0, 0.1) is 11.3 Å². The van der Waals surface area contributed by atoms with Crippen LogP contribution in [0.4, 0.5) is 0 Å². The topological polar surface area (TPSA) is 0 Å². The van der Waals surface area contributed by atoms with E-state index in [2.05, 4.69) is 32.9 Å². The molecule has 1 aliphatic carbocycles. The summed E-state index contributed by atoms with van der Waals surface area (Å²) < 4.78 is 0. The third kappa shape index (κ3) is 0.696. The average Bonchev–Trinajstić information content (AvgIpc) is 2.21. The monoisotopic (exact) mass is 96.1 g/mol.